The molecular weight excluding hydrogens is 384 g/mol. The Hall–Kier alpha value is -2.41. The van der Waals surface area contributed by atoms with Crippen LogP contribution in [-0.4, -0.2) is 47.9 Å². The summed E-state index contributed by atoms with van der Waals surface area (Å²) in [5.74, 6) is 0.322. The Bertz CT molecular complexity index is 885. The summed E-state index contributed by atoms with van der Waals surface area (Å²) in [5.41, 5.74) is 3.19. The van der Waals surface area contributed by atoms with E-state index in [0.717, 1.165) is 62.0 Å². The highest BCUT2D eigenvalue weighted by atomic mass is 32.1. The third-order valence-electron chi connectivity index (χ3n) is 5.82. The second-order valence-electron chi connectivity index (χ2n) is 7.88. The van der Waals surface area contributed by atoms with Gasteiger partial charge in [-0.1, -0.05) is 24.6 Å². The third-order valence-corrected chi connectivity index (χ3v) is 7.00. The Morgan fingerprint density at radius 2 is 1.90 bits per heavy atom. The molecule has 4 rings (SSSR count). The molecule has 2 aliphatic rings. The molecule has 0 radical (unpaired) electrons. The Morgan fingerprint density at radius 3 is 2.59 bits per heavy atom. The highest BCUT2D eigenvalue weighted by Gasteiger charge is 2.29. The number of carbonyl (C=O) groups is 2. The van der Waals surface area contributed by atoms with Gasteiger partial charge >= 0.3 is 0 Å². The number of piperazine rings is 1. The van der Waals surface area contributed by atoms with Gasteiger partial charge in [0.1, 0.15) is 0 Å². The maximum absolute atomic E-state index is 12.7. The van der Waals surface area contributed by atoms with Crippen LogP contribution >= 0.6 is 11.3 Å². The fourth-order valence-electron chi connectivity index (χ4n) is 3.97. The van der Waals surface area contributed by atoms with Crippen LogP contribution in [0.3, 0.4) is 0 Å². The number of aryl methyl sites for hydroxylation is 2. The first-order chi connectivity index (χ1) is 14.0. The Kier molecular flexibility index (Phi) is 5.85. The summed E-state index contributed by atoms with van der Waals surface area (Å²) in [4.78, 5) is 34.9. The van der Waals surface area contributed by atoms with Gasteiger partial charge in [0.2, 0.25) is 11.8 Å². The summed E-state index contributed by atoms with van der Waals surface area (Å²) in [6, 6.07) is 7.93. The largest absolute Gasteiger partial charge is 0.345 e. The monoisotopic (exact) mass is 412 g/mol. The molecule has 29 heavy (non-hydrogen) atoms. The number of nitrogens with zero attached hydrogens (tertiary/aromatic N) is 3. The number of aromatic nitrogens is 1. The lowest BCUT2D eigenvalue weighted by Gasteiger charge is -2.34. The number of hydrogen-bond acceptors (Lipinski definition) is 5. The lowest BCUT2D eigenvalue weighted by molar-refractivity contribution is -0.131. The zero-order valence-corrected chi connectivity index (χ0v) is 17.9. The number of fused-ring (bicyclic) bond motifs is 1. The van der Waals surface area contributed by atoms with Gasteiger partial charge in [0.05, 0.1) is 5.69 Å². The first-order valence-electron chi connectivity index (χ1n) is 10.4. The van der Waals surface area contributed by atoms with Crippen molar-refractivity contribution < 1.29 is 9.59 Å². The van der Waals surface area contributed by atoms with Crippen molar-refractivity contribution in [3.63, 3.8) is 0 Å². The summed E-state index contributed by atoms with van der Waals surface area (Å²) in [7, 11) is 0. The van der Waals surface area contributed by atoms with Crippen molar-refractivity contribution in [2.75, 3.05) is 36.4 Å². The second kappa shape index (κ2) is 8.53. The molecule has 1 saturated heterocycles. The Labute approximate surface area is 175 Å². The van der Waals surface area contributed by atoms with E-state index in [9.17, 15) is 9.59 Å². The molecule has 0 bridgehead atoms. The zero-order chi connectivity index (χ0) is 20.4. The number of nitrogens with one attached hydrogen (secondary N) is 1. The molecule has 1 aliphatic heterocycles. The van der Waals surface area contributed by atoms with Gasteiger partial charge in [0, 0.05) is 49.1 Å². The van der Waals surface area contributed by atoms with E-state index in [4.69, 9.17) is 4.98 Å². The highest BCUT2D eigenvalue weighted by molar-refractivity contribution is 7.15. The molecule has 2 heterocycles. The minimum atomic E-state index is -0.00359. The van der Waals surface area contributed by atoms with Crippen LogP contribution in [0, 0.1) is 12.8 Å². The molecule has 1 aromatic heterocycles. The lowest BCUT2D eigenvalue weighted by atomic mass is 9.90. The van der Waals surface area contributed by atoms with Crippen molar-refractivity contribution in [1.82, 2.24) is 9.88 Å². The first-order valence-corrected chi connectivity index (χ1v) is 11.2. The van der Waals surface area contributed by atoms with E-state index in [-0.39, 0.29) is 17.7 Å². The lowest BCUT2D eigenvalue weighted by Crippen LogP contribution is -2.48. The van der Waals surface area contributed by atoms with E-state index in [2.05, 4.69) is 10.2 Å². The average Bonchev–Trinajstić information content (AvgIpc) is 3.18. The average molecular weight is 413 g/mol. The van der Waals surface area contributed by atoms with Gasteiger partial charge in [-0.25, -0.2) is 4.98 Å². The van der Waals surface area contributed by atoms with Crippen LogP contribution in [0.2, 0.25) is 0 Å². The van der Waals surface area contributed by atoms with Crippen LogP contribution in [0.15, 0.2) is 24.3 Å². The third kappa shape index (κ3) is 4.45. The molecule has 1 N–H and O–H groups in total. The maximum atomic E-state index is 12.7. The Morgan fingerprint density at radius 1 is 1.17 bits per heavy atom. The summed E-state index contributed by atoms with van der Waals surface area (Å²) in [6.45, 7) is 7.13. The van der Waals surface area contributed by atoms with Crippen molar-refractivity contribution in [1.29, 1.82) is 0 Å². The molecule has 154 valence electrons. The number of benzene rings is 1. The molecule has 1 aromatic carbocycles. The molecular formula is C22H28N4O2S. The van der Waals surface area contributed by atoms with Crippen molar-refractivity contribution >= 4 is 34.0 Å². The molecule has 7 heteroatoms. The molecule has 2 aromatic rings. The topological polar surface area (TPSA) is 65.5 Å². The van der Waals surface area contributed by atoms with Crippen molar-refractivity contribution in [3.05, 3.63) is 40.4 Å². The normalized spacial score (nSPS) is 19.0. The predicted octanol–water partition coefficient (Wildman–Crippen LogP) is 3.25. The van der Waals surface area contributed by atoms with E-state index >= 15 is 0 Å². The molecule has 1 unspecified atom stereocenters. The number of amides is 2. The summed E-state index contributed by atoms with van der Waals surface area (Å²) >= 11 is 1.72. The molecule has 1 aliphatic carbocycles. The van der Waals surface area contributed by atoms with Crippen molar-refractivity contribution in [3.8, 4) is 0 Å². The summed E-state index contributed by atoms with van der Waals surface area (Å²) < 4.78 is 0. The second-order valence-corrected chi connectivity index (χ2v) is 8.94. The van der Waals surface area contributed by atoms with E-state index in [1.807, 2.05) is 43.0 Å². The van der Waals surface area contributed by atoms with E-state index in [1.165, 1.54) is 10.4 Å². The van der Waals surface area contributed by atoms with Crippen LogP contribution in [0.5, 0.6) is 0 Å². The molecule has 0 saturated carbocycles. The van der Waals surface area contributed by atoms with Crippen molar-refractivity contribution in [2.45, 2.75) is 39.5 Å². The number of rotatable bonds is 4. The maximum Gasteiger partial charge on any atom is 0.227 e. The van der Waals surface area contributed by atoms with Gasteiger partial charge in [0.15, 0.2) is 5.13 Å². The zero-order valence-electron chi connectivity index (χ0n) is 17.1. The minimum Gasteiger partial charge on any atom is -0.345 e. The molecule has 1 atom stereocenters. The van der Waals surface area contributed by atoms with Gasteiger partial charge in [-0.3, -0.25) is 9.59 Å². The first kappa shape index (κ1) is 19.9. The smallest absolute Gasteiger partial charge is 0.227 e. The van der Waals surface area contributed by atoms with E-state index in [0.29, 0.717) is 6.42 Å². The van der Waals surface area contributed by atoms with Crippen LogP contribution in [0.25, 0.3) is 0 Å². The van der Waals surface area contributed by atoms with E-state index in [1.54, 1.807) is 11.3 Å². The number of carbonyl (C=O) groups excluding carboxylic acids is 2. The van der Waals surface area contributed by atoms with Gasteiger partial charge in [-0.15, -0.1) is 11.3 Å². The summed E-state index contributed by atoms with van der Waals surface area (Å²) in [5, 5.41) is 4.10. The van der Waals surface area contributed by atoms with Crippen LogP contribution in [-0.2, 0) is 22.4 Å². The standard InChI is InChI=1S/C22H28N4O2S/c1-3-20(27)25-10-12-26(13-11-25)22-24-18-9-6-16(14-19(18)29-22)21(28)23-17-7-4-15(2)5-8-17/h4-5,7-8,16H,3,6,9-14H2,1-2H3,(H,23,28). The number of hydrogen-bond donors (Lipinski definition) is 1. The highest BCUT2D eigenvalue weighted by Crippen LogP contribution is 2.35. The van der Waals surface area contributed by atoms with Gasteiger partial charge in [0.25, 0.3) is 0 Å². The molecule has 0 spiro atoms. The fraction of sp³-hybridized carbons (Fsp3) is 0.500. The van der Waals surface area contributed by atoms with E-state index < -0.39 is 0 Å². The van der Waals surface area contributed by atoms with Crippen molar-refractivity contribution in [2.24, 2.45) is 5.92 Å². The van der Waals surface area contributed by atoms with Crippen LogP contribution in [0.1, 0.15) is 35.9 Å². The predicted molar refractivity (Wildman–Crippen MR) is 117 cm³/mol. The van der Waals surface area contributed by atoms with Gasteiger partial charge in [-0.2, -0.15) is 0 Å². The molecule has 2 amide bonds. The summed E-state index contributed by atoms with van der Waals surface area (Å²) in [6.07, 6.45) is 3.02. The SMILES string of the molecule is CCC(=O)N1CCN(c2nc3c(s2)CC(C(=O)Nc2ccc(C)cc2)CC3)CC1. The number of thiazole rings is 1. The van der Waals surface area contributed by atoms with Crippen LogP contribution in [0.4, 0.5) is 10.8 Å². The Balaban J connectivity index is 1.37. The molecule has 1 fully saturated rings. The van der Waals surface area contributed by atoms with Gasteiger partial charge < -0.3 is 15.1 Å². The minimum absolute atomic E-state index is 0.00359. The van der Waals surface area contributed by atoms with Gasteiger partial charge in [-0.05, 0) is 38.3 Å². The molecule has 6 nitrogen and oxygen atoms in total. The van der Waals surface area contributed by atoms with Crippen LogP contribution < -0.4 is 10.2 Å². The number of anilines is 2. The fourth-order valence-corrected chi connectivity index (χ4v) is 5.21. The quantitative estimate of drug-likeness (QED) is 0.837.